The minimum absolute atomic E-state index is 0.425. The number of nitrogens with two attached hydrogens (primary N) is 1. The summed E-state index contributed by atoms with van der Waals surface area (Å²) < 4.78 is 0. The highest BCUT2D eigenvalue weighted by molar-refractivity contribution is 6.31. The van der Waals surface area contributed by atoms with Crippen LogP contribution in [0.15, 0.2) is 48.5 Å². The van der Waals surface area contributed by atoms with E-state index in [1.165, 1.54) is 5.56 Å². The van der Waals surface area contributed by atoms with Crippen LogP contribution < -0.4 is 11.1 Å². The molecule has 0 aromatic heterocycles. The van der Waals surface area contributed by atoms with Gasteiger partial charge >= 0.3 is 0 Å². The normalized spacial score (nSPS) is 18.8. The predicted octanol–water partition coefficient (Wildman–Crippen LogP) is 3.61. The smallest absolute Gasteiger partial charge is 0.0591 e. The van der Waals surface area contributed by atoms with E-state index in [9.17, 15) is 0 Å². The zero-order valence-electron chi connectivity index (χ0n) is 11.9. The van der Waals surface area contributed by atoms with Crippen molar-refractivity contribution in [1.82, 2.24) is 4.90 Å². The number of anilines is 2. The minimum atomic E-state index is 0.425. The van der Waals surface area contributed by atoms with Gasteiger partial charge in [0.2, 0.25) is 0 Å². The highest BCUT2D eigenvalue weighted by Crippen LogP contribution is 2.25. The maximum Gasteiger partial charge on any atom is 0.0591 e. The van der Waals surface area contributed by atoms with Crippen LogP contribution in [-0.4, -0.2) is 24.0 Å². The molecule has 1 atom stereocenters. The Morgan fingerprint density at radius 1 is 1.19 bits per heavy atom. The summed E-state index contributed by atoms with van der Waals surface area (Å²) in [5.74, 6) is 0. The van der Waals surface area contributed by atoms with Crippen molar-refractivity contribution in [3.05, 3.63) is 59.1 Å². The third kappa shape index (κ3) is 3.69. The molecule has 21 heavy (non-hydrogen) atoms. The van der Waals surface area contributed by atoms with Crippen molar-refractivity contribution in [3.8, 4) is 0 Å². The standard InChI is InChI=1S/C17H20ClN3/c18-14-6-7-16(19)17(10-14)20-15-8-9-21(12-15)11-13-4-2-1-3-5-13/h1-7,10,15,20H,8-9,11-12,19H2. The van der Waals surface area contributed by atoms with Crippen molar-refractivity contribution >= 4 is 23.0 Å². The van der Waals surface area contributed by atoms with Gasteiger partial charge in [0.15, 0.2) is 0 Å². The summed E-state index contributed by atoms with van der Waals surface area (Å²) in [6.07, 6.45) is 1.12. The summed E-state index contributed by atoms with van der Waals surface area (Å²) in [7, 11) is 0. The number of nitrogen functional groups attached to an aromatic ring is 1. The quantitative estimate of drug-likeness (QED) is 0.848. The van der Waals surface area contributed by atoms with E-state index in [1.54, 1.807) is 0 Å². The molecule has 0 amide bonds. The van der Waals surface area contributed by atoms with Crippen LogP contribution in [0.3, 0.4) is 0 Å². The summed E-state index contributed by atoms with van der Waals surface area (Å²) in [5.41, 5.74) is 9.04. The second-order valence-corrected chi connectivity index (χ2v) is 6.02. The molecular formula is C17H20ClN3. The van der Waals surface area contributed by atoms with Crippen LogP contribution in [0.4, 0.5) is 11.4 Å². The largest absolute Gasteiger partial charge is 0.397 e. The second-order valence-electron chi connectivity index (χ2n) is 5.58. The first-order valence-electron chi connectivity index (χ1n) is 7.28. The van der Waals surface area contributed by atoms with Gasteiger partial charge in [0, 0.05) is 30.7 Å². The lowest BCUT2D eigenvalue weighted by Gasteiger charge is -2.18. The number of rotatable bonds is 4. The van der Waals surface area contributed by atoms with E-state index in [-0.39, 0.29) is 0 Å². The molecule has 1 heterocycles. The van der Waals surface area contributed by atoms with Gasteiger partial charge in [0.05, 0.1) is 11.4 Å². The number of halogens is 1. The number of hydrogen-bond acceptors (Lipinski definition) is 3. The van der Waals surface area contributed by atoms with Gasteiger partial charge in [0.25, 0.3) is 0 Å². The molecule has 0 bridgehead atoms. The Bertz CT molecular complexity index is 600. The zero-order chi connectivity index (χ0) is 14.7. The van der Waals surface area contributed by atoms with Gasteiger partial charge in [-0.3, -0.25) is 4.90 Å². The first-order valence-corrected chi connectivity index (χ1v) is 7.66. The first-order chi connectivity index (χ1) is 10.2. The molecule has 0 saturated carbocycles. The zero-order valence-corrected chi connectivity index (χ0v) is 12.7. The predicted molar refractivity (Wildman–Crippen MR) is 89.6 cm³/mol. The van der Waals surface area contributed by atoms with Crippen LogP contribution in [0.25, 0.3) is 0 Å². The highest BCUT2D eigenvalue weighted by atomic mass is 35.5. The Balaban J connectivity index is 1.58. The molecule has 4 heteroatoms. The molecule has 0 radical (unpaired) electrons. The van der Waals surface area contributed by atoms with E-state index in [0.717, 1.165) is 37.4 Å². The maximum absolute atomic E-state index is 6.03. The van der Waals surface area contributed by atoms with E-state index in [1.807, 2.05) is 18.2 Å². The summed E-state index contributed by atoms with van der Waals surface area (Å²) in [6.45, 7) is 3.14. The molecule has 1 saturated heterocycles. The third-order valence-corrected chi connectivity index (χ3v) is 4.13. The summed E-state index contributed by atoms with van der Waals surface area (Å²) in [6, 6.07) is 16.6. The lowest BCUT2D eigenvalue weighted by molar-refractivity contribution is 0.328. The van der Waals surface area contributed by atoms with Crippen LogP contribution in [0.2, 0.25) is 5.02 Å². The fourth-order valence-electron chi connectivity index (χ4n) is 2.81. The van der Waals surface area contributed by atoms with Crippen molar-refractivity contribution in [1.29, 1.82) is 0 Å². The van der Waals surface area contributed by atoms with Crippen molar-refractivity contribution < 1.29 is 0 Å². The maximum atomic E-state index is 6.03. The molecule has 110 valence electrons. The average molecular weight is 302 g/mol. The fourth-order valence-corrected chi connectivity index (χ4v) is 2.98. The monoisotopic (exact) mass is 301 g/mol. The van der Waals surface area contributed by atoms with Crippen molar-refractivity contribution in [2.24, 2.45) is 0 Å². The number of hydrogen-bond donors (Lipinski definition) is 2. The number of nitrogens with zero attached hydrogens (tertiary/aromatic N) is 1. The molecule has 2 aromatic rings. The van der Waals surface area contributed by atoms with E-state index in [0.29, 0.717) is 11.1 Å². The molecular weight excluding hydrogens is 282 g/mol. The Hall–Kier alpha value is -1.71. The van der Waals surface area contributed by atoms with Crippen LogP contribution in [0, 0.1) is 0 Å². The number of benzene rings is 2. The lowest BCUT2D eigenvalue weighted by atomic mass is 10.2. The SMILES string of the molecule is Nc1ccc(Cl)cc1NC1CCN(Cc2ccccc2)C1. The molecule has 1 aliphatic heterocycles. The molecule has 3 nitrogen and oxygen atoms in total. The van der Waals surface area contributed by atoms with E-state index < -0.39 is 0 Å². The summed E-state index contributed by atoms with van der Waals surface area (Å²) >= 11 is 6.03. The van der Waals surface area contributed by atoms with Crippen molar-refractivity contribution in [2.75, 3.05) is 24.1 Å². The molecule has 2 aromatic carbocycles. The molecule has 1 unspecified atom stereocenters. The summed E-state index contributed by atoms with van der Waals surface area (Å²) in [4.78, 5) is 2.47. The van der Waals surface area contributed by atoms with Crippen LogP contribution in [-0.2, 0) is 6.54 Å². The number of nitrogens with one attached hydrogen (secondary N) is 1. The Morgan fingerprint density at radius 2 is 2.00 bits per heavy atom. The average Bonchev–Trinajstić information content (AvgIpc) is 2.91. The van der Waals surface area contributed by atoms with Crippen LogP contribution in [0.5, 0.6) is 0 Å². The molecule has 0 aliphatic carbocycles. The molecule has 0 spiro atoms. The Labute approximate surface area is 130 Å². The first kappa shape index (κ1) is 14.2. The third-order valence-electron chi connectivity index (χ3n) is 3.90. The Morgan fingerprint density at radius 3 is 2.81 bits per heavy atom. The molecule has 3 N–H and O–H groups in total. The topological polar surface area (TPSA) is 41.3 Å². The van der Waals surface area contributed by atoms with Gasteiger partial charge in [-0.05, 0) is 30.2 Å². The molecule has 1 aliphatic rings. The van der Waals surface area contributed by atoms with E-state index in [2.05, 4.69) is 40.5 Å². The van der Waals surface area contributed by atoms with Gasteiger partial charge in [-0.25, -0.2) is 0 Å². The second kappa shape index (κ2) is 6.37. The van der Waals surface area contributed by atoms with Crippen LogP contribution in [0.1, 0.15) is 12.0 Å². The van der Waals surface area contributed by atoms with E-state index in [4.69, 9.17) is 17.3 Å². The molecule has 3 rings (SSSR count). The Kier molecular flexibility index (Phi) is 4.32. The van der Waals surface area contributed by atoms with Crippen molar-refractivity contribution in [3.63, 3.8) is 0 Å². The van der Waals surface area contributed by atoms with E-state index >= 15 is 0 Å². The van der Waals surface area contributed by atoms with Gasteiger partial charge < -0.3 is 11.1 Å². The van der Waals surface area contributed by atoms with Gasteiger partial charge in [-0.2, -0.15) is 0 Å². The van der Waals surface area contributed by atoms with Crippen LogP contribution >= 0.6 is 11.6 Å². The number of likely N-dealkylation sites (tertiary alicyclic amines) is 1. The highest BCUT2D eigenvalue weighted by Gasteiger charge is 2.22. The molecule has 1 fully saturated rings. The minimum Gasteiger partial charge on any atom is -0.397 e. The van der Waals surface area contributed by atoms with Gasteiger partial charge in [-0.1, -0.05) is 41.9 Å². The fraction of sp³-hybridized carbons (Fsp3) is 0.294. The summed E-state index contributed by atoms with van der Waals surface area (Å²) in [5, 5.41) is 4.23. The van der Waals surface area contributed by atoms with Gasteiger partial charge in [-0.15, -0.1) is 0 Å². The van der Waals surface area contributed by atoms with Gasteiger partial charge in [0.1, 0.15) is 0 Å². The lowest BCUT2D eigenvalue weighted by Crippen LogP contribution is -2.26. The van der Waals surface area contributed by atoms with Crippen molar-refractivity contribution in [2.45, 2.75) is 19.0 Å².